The van der Waals surface area contributed by atoms with E-state index in [0.717, 1.165) is 0 Å². The highest BCUT2D eigenvalue weighted by Gasteiger charge is 2.27. The Morgan fingerprint density at radius 1 is 0.968 bits per heavy atom. The summed E-state index contributed by atoms with van der Waals surface area (Å²) in [5, 5.41) is 7.24. The van der Waals surface area contributed by atoms with Crippen LogP contribution in [0.3, 0.4) is 0 Å². The summed E-state index contributed by atoms with van der Waals surface area (Å²) in [5.41, 5.74) is 2.27. The third-order valence-electron chi connectivity index (χ3n) is 5.54. The van der Waals surface area contributed by atoms with Gasteiger partial charge in [-0.15, -0.1) is 0 Å². The minimum atomic E-state index is -0.388. The molecule has 0 radical (unpaired) electrons. The summed E-state index contributed by atoms with van der Waals surface area (Å²) < 4.78 is 27.8. The van der Waals surface area contributed by atoms with Crippen molar-refractivity contribution in [2.24, 2.45) is 0 Å². The summed E-state index contributed by atoms with van der Waals surface area (Å²) in [7, 11) is 0. The van der Waals surface area contributed by atoms with Crippen LogP contribution in [0.5, 0.6) is 0 Å². The van der Waals surface area contributed by atoms with Gasteiger partial charge in [0.25, 0.3) is 11.8 Å². The molecule has 1 aliphatic rings. The molecule has 160 valence electrons. The zero-order chi connectivity index (χ0) is 22.0. The van der Waals surface area contributed by atoms with Crippen LogP contribution in [0.2, 0.25) is 0 Å². The van der Waals surface area contributed by atoms with Crippen molar-refractivity contribution in [2.75, 3.05) is 13.1 Å². The van der Waals surface area contributed by atoms with Crippen molar-refractivity contribution in [3.8, 4) is 5.69 Å². The quantitative estimate of drug-likeness (QED) is 0.697. The zero-order valence-electron chi connectivity index (χ0n) is 17.0. The Morgan fingerprint density at radius 3 is 2.16 bits per heavy atom. The number of benzene rings is 2. The Morgan fingerprint density at radius 2 is 1.55 bits per heavy atom. The molecule has 2 amide bonds. The lowest BCUT2D eigenvalue weighted by atomic mass is 10.0. The number of likely N-dealkylation sites (tertiary alicyclic amines) is 1. The Bertz CT molecular complexity index is 1090. The minimum absolute atomic E-state index is 0.0513. The highest BCUT2D eigenvalue weighted by atomic mass is 19.1. The molecule has 0 saturated carbocycles. The van der Waals surface area contributed by atoms with Crippen LogP contribution in [0, 0.1) is 18.6 Å². The molecule has 2 heterocycles. The smallest absolute Gasteiger partial charge is 0.257 e. The van der Waals surface area contributed by atoms with Crippen molar-refractivity contribution >= 4 is 11.8 Å². The van der Waals surface area contributed by atoms with E-state index in [-0.39, 0.29) is 29.5 Å². The van der Waals surface area contributed by atoms with E-state index < -0.39 is 0 Å². The molecule has 31 heavy (non-hydrogen) atoms. The Kier molecular flexibility index (Phi) is 5.79. The summed E-state index contributed by atoms with van der Waals surface area (Å²) in [6.07, 6.45) is 2.79. The molecule has 0 unspecified atom stereocenters. The van der Waals surface area contributed by atoms with E-state index in [4.69, 9.17) is 0 Å². The highest BCUT2D eigenvalue weighted by molar-refractivity contribution is 5.95. The van der Waals surface area contributed by atoms with Crippen LogP contribution in [-0.4, -0.2) is 45.6 Å². The fourth-order valence-corrected chi connectivity index (χ4v) is 3.73. The highest BCUT2D eigenvalue weighted by Crippen LogP contribution is 2.19. The number of halogens is 2. The van der Waals surface area contributed by atoms with Crippen molar-refractivity contribution in [3.05, 3.63) is 83.2 Å². The molecule has 1 saturated heterocycles. The Hall–Kier alpha value is -3.55. The summed E-state index contributed by atoms with van der Waals surface area (Å²) in [6, 6.07) is 11.3. The van der Waals surface area contributed by atoms with Crippen molar-refractivity contribution in [1.82, 2.24) is 20.0 Å². The maximum Gasteiger partial charge on any atom is 0.257 e. The first-order valence-electron chi connectivity index (χ1n) is 10.1. The largest absolute Gasteiger partial charge is 0.349 e. The fraction of sp³-hybridized carbons (Fsp3) is 0.261. The number of nitrogens with zero attached hydrogens (tertiary/aromatic N) is 3. The van der Waals surface area contributed by atoms with Gasteiger partial charge in [0, 0.05) is 24.7 Å². The van der Waals surface area contributed by atoms with Gasteiger partial charge in [0.15, 0.2) is 0 Å². The van der Waals surface area contributed by atoms with E-state index in [1.54, 1.807) is 28.6 Å². The van der Waals surface area contributed by atoms with Gasteiger partial charge in [-0.05, 0) is 68.3 Å². The van der Waals surface area contributed by atoms with Crippen molar-refractivity contribution in [3.63, 3.8) is 0 Å². The van der Waals surface area contributed by atoms with Gasteiger partial charge in [-0.25, -0.2) is 13.5 Å². The van der Waals surface area contributed by atoms with Gasteiger partial charge in [0.05, 0.1) is 23.1 Å². The van der Waals surface area contributed by atoms with Crippen LogP contribution in [0.4, 0.5) is 8.78 Å². The van der Waals surface area contributed by atoms with Gasteiger partial charge in [-0.2, -0.15) is 5.10 Å². The topological polar surface area (TPSA) is 67.2 Å². The van der Waals surface area contributed by atoms with E-state index in [1.807, 2.05) is 0 Å². The number of hydrogen-bond donors (Lipinski definition) is 1. The van der Waals surface area contributed by atoms with E-state index in [2.05, 4.69) is 10.4 Å². The van der Waals surface area contributed by atoms with Gasteiger partial charge in [0.2, 0.25) is 0 Å². The maximum absolute atomic E-state index is 13.2. The number of hydrogen-bond acceptors (Lipinski definition) is 3. The number of amides is 2. The number of carbonyl (C=O) groups excluding carboxylic acids is 2. The average Bonchev–Trinajstić information content (AvgIpc) is 3.16. The molecule has 0 aliphatic carbocycles. The van der Waals surface area contributed by atoms with Crippen LogP contribution in [0.15, 0.2) is 54.7 Å². The van der Waals surface area contributed by atoms with Crippen LogP contribution in [0.1, 0.15) is 39.3 Å². The van der Waals surface area contributed by atoms with Gasteiger partial charge >= 0.3 is 0 Å². The minimum Gasteiger partial charge on any atom is -0.349 e. The van der Waals surface area contributed by atoms with Gasteiger partial charge < -0.3 is 10.2 Å². The van der Waals surface area contributed by atoms with Crippen LogP contribution in [0.25, 0.3) is 5.69 Å². The number of carbonyl (C=O) groups is 2. The third kappa shape index (κ3) is 4.47. The fourth-order valence-electron chi connectivity index (χ4n) is 3.73. The molecule has 8 heteroatoms. The molecule has 1 aromatic heterocycles. The second-order valence-electron chi connectivity index (χ2n) is 7.58. The molecule has 6 nitrogen and oxygen atoms in total. The summed E-state index contributed by atoms with van der Waals surface area (Å²) in [6.45, 7) is 2.82. The molecule has 3 aromatic rings. The number of piperidine rings is 1. The lowest BCUT2D eigenvalue weighted by Crippen LogP contribution is -2.46. The first kappa shape index (κ1) is 20.7. The average molecular weight is 424 g/mol. The summed E-state index contributed by atoms with van der Waals surface area (Å²) in [5.74, 6) is -1.09. The monoisotopic (exact) mass is 424 g/mol. The molecule has 0 atom stereocenters. The third-order valence-corrected chi connectivity index (χ3v) is 5.54. The first-order chi connectivity index (χ1) is 14.9. The summed E-state index contributed by atoms with van der Waals surface area (Å²) >= 11 is 0. The molecular weight excluding hydrogens is 402 g/mol. The number of rotatable bonds is 4. The van der Waals surface area contributed by atoms with Gasteiger partial charge in [0.1, 0.15) is 11.6 Å². The second-order valence-corrected chi connectivity index (χ2v) is 7.58. The van der Waals surface area contributed by atoms with E-state index >= 15 is 0 Å². The normalized spacial score (nSPS) is 14.5. The molecule has 4 rings (SSSR count). The lowest BCUT2D eigenvalue weighted by Gasteiger charge is -2.32. The number of nitrogens with one attached hydrogen (secondary N) is 1. The van der Waals surface area contributed by atoms with Crippen molar-refractivity contribution in [2.45, 2.75) is 25.8 Å². The van der Waals surface area contributed by atoms with Crippen molar-refractivity contribution in [1.29, 1.82) is 0 Å². The summed E-state index contributed by atoms with van der Waals surface area (Å²) in [4.78, 5) is 27.1. The number of aromatic nitrogens is 2. The van der Waals surface area contributed by atoms with Crippen LogP contribution < -0.4 is 5.32 Å². The Balaban J connectivity index is 1.37. The van der Waals surface area contributed by atoms with Gasteiger partial charge in [-0.3, -0.25) is 9.59 Å². The molecule has 0 bridgehead atoms. The van der Waals surface area contributed by atoms with Crippen LogP contribution >= 0.6 is 0 Å². The molecule has 1 fully saturated rings. The van der Waals surface area contributed by atoms with E-state index in [0.29, 0.717) is 48.4 Å². The van der Waals surface area contributed by atoms with E-state index in [1.165, 1.54) is 42.6 Å². The first-order valence-corrected chi connectivity index (χ1v) is 10.1. The zero-order valence-corrected chi connectivity index (χ0v) is 17.0. The molecule has 2 aromatic carbocycles. The standard InChI is InChI=1S/C23H22F2N4O2/c1-15-21(14-26-29(15)20-8-6-18(25)7-9-20)23(31)28-12-10-19(11-13-28)27-22(30)16-2-4-17(24)5-3-16/h2-9,14,19H,10-13H2,1H3,(H,27,30). The molecule has 1 N–H and O–H groups in total. The van der Waals surface area contributed by atoms with Gasteiger partial charge in [-0.1, -0.05) is 0 Å². The van der Waals surface area contributed by atoms with Crippen LogP contribution in [-0.2, 0) is 0 Å². The lowest BCUT2D eigenvalue weighted by molar-refractivity contribution is 0.0697. The predicted octanol–water partition coefficient (Wildman–Crippen LogP) is 3.49. The molecular formula is C23H22F2N4O2. The van der Waals surface area contributed by atoms with E-state index in [9.17, 15) is 18.4 Å². The maximum atomic E-state index is 13.2. The Labute approximate surface area is 178 Å². The predicted molar refractivity (Wildman–Crippen MR) is 111 cm³/mol. The van der Waals surface area contributed by atoms with Crippen molar-refractivity contribution < 1.29 is 18.4 Å². The molecule has 0 spiro atoms. The second kappa shape index (κ2) is 8.67. The SMILES string of the molecule is Cc1c(C(=O)N2CCC(NC(=O)c3ccc(F)cc3)CC2)cnn1-c1ccc(F)cc1. The molecule has 1 aliphatic heterocycles.